The van der Waals surface area contributed by atoms with Gasteiger partial charge in [0, 0.05) is 6.21 Å². The first kappa shape index (κ1) is 6.22. The number of aliphatic imine (C=N–C) groups is 1. The highest BCUT2D eigenvalue weighted by atomic mass is 16.2. The molecule has 0 aliphatic carbocycles. The molecule has 0 saturated heterocycles. The molecule has 1 rings (SSSR count). The van der Waals surface area contributed by atoms with Gasteiger partial charge in [-0.1, -0.05) is 0 Å². The van der Waals surface area contributed by atoms with Crippen molar-refractivity contribution >= 4 is 12.1 Å². The van der Waals surface area contributed by atoms with Gasteiger partial charge in [-0.3, -0.25) is 15.1 Å². The minimum atomic E-state index is -0.0775. The van der Waals surface area contributed by atoms with Crippen LogP contribution >= 0.6 is 0 Å². The van der Waals surface area contributed by atoms with Gasteiger partial charge in [-0.05, 0) is 7.05 Å². The Morgan fingerprint density at radius 1 is 2.00 bits per heavy atom. The Kier molecular flexibility index (Phi) is 1.79. The summed E-state index contributed by atoms with van der Waals surface area (Å²) < 4.78 is 0. The van der Waals surface area contributed by atoms with Crippen molar-refractivity contribution in [2.24, 2.45) is 4.99 Å². The van der Waals surface area contributed by atoms with Gasteiger partial charge in [0.05, 0.1) is 0 Å². The Balaban J connectivity index is 2.49. The molecule has 9 heavy (non-hydrogen) atoms. The van der Waals surface area contributed by atoms with Crippen molar-refractivity contribution in [2.45, 2.75) is 6.17 Å². The van der Waals surface area contributed by atoms with Crippen LogP contribution < -0.4 is 10.6 Å². The van der Waals surface area contributed by atoms with Crippen LogP contribution in [0.4, 0.5) is 0 Å². The molecule has 0 aromatic rings. The van der Waals surface area contributed by atoms with Gasteiger partial charge in [0.25, 0.3) is 0 Å². The van der Waals surface area contributed by atoms with Gasteiger partial charge in [0.2, 0.25) is 5.91 Å². The summed E-state index contributed by atoms with van der Waals surface area (Å²) in [6.45, 7) is 0.262. The first-order chi connectivity index (χ1) is 4.33. The Hall–Kier alpha value is -0.900. The van der Waals surface area contributed by atoms with Gasteiger partial charge in [-0.15, -0.1) is 0 Å². The minimum absolute atomic E-state index is 0.0307. The first-order valence-corrected chi connectivity index (χ1v) is 2.79. The van der Waals surface area contributed by atoms with E-state index in [1.807, 2.05) is 0 Å². The van der Waals surface area contributed by atoms with Crippen LogP contribution in [0, 0.1) is 0 Å². The van der Waals surface area contributed by atoms with E-state index in [4.69, 9.17) is 0 Å². The average molecular weight is 127 g/mol. The summed E-state index contributed by atoms with van der Waals surface area (Å²) in [6.07, 6.45) is 1.60. The van der Waals surface area contributed by atoms with E-state index >= 15 is 0 Å². The topological polar surface area (TPSA) is 53.5 Å². The lowest BCUT2D eigenvalue weighted by atomic mass is 10.4. The van der Waals surface area contributed by atoms with Gasteiger partial charge in [0.1, 0.15) is 12.7 Å². The molecule has 2 N–H and O–H groups in total. The predicted molar refractivity (Wildman–Crippen MR) is 34.3 cm³/mol. The third kappa shape index (κ3) is 1.50. The molecule has 0 radical (unpaired) electrons. The number of rotatable bonds is 1. The lowest BCUT2D eigenvalue weighted by Crippen LogP contribution is -2.48. The highest BCUT2D eigenvalue weighted by molar-refractivity contribution is 5.86. The van der Waals surface area contributed by atoms with Gasteiger partial charge in [-0.25, -0.2) is 0 Å². The monoisotopic (exact) mass is 127 g/mol. The van der Waals surface area contributed by atoms with Crippen LogP contribution in [0.3, 0.4) is 0 Å². The molecule has 0 aromatic carbocycles. The summed E-state index contributed by atoms with van der Waals surface area (Å²) in [5.74, 6) is -0.0307. The van der Waals surface area contributed by atoms with Crippen molar-refractivity contribution in [2.75, 3.05) is 13.6 Å². The summed E-state index contributed by atoms with van der Waals surface area (Å²) in [4.78, 5) is 14.4. The largest absolute Gasteiger partial charge is 0.334 e. The molecule has 50 valence electrons. The fourth-order valence-corrected chi connectivity index (χ4v) is 0.644. The molecule has 1 amide bonds. The van der Waals surface area contributed by atoms with E-state index in [0.717, 1.165) is 0 Å². The number of amides is 1. The van der Waals surface area contributed by atoms with Gasteiger partial charge < -0.3 is 5.32 Å². The zero-order valence-corrected chi connectivity index (χ0v) is 5.22. The van der Waals surface area contributed by atoms with Gasteiger partial charge >= 0.3 is 0 Å². The Labute approximate surface area is 53.3 Å². The van der Waals surface area contributed by atoms with E-state index in [1.165, 1.54) is 0 Å². The second kappa shape index (κ2) is 2.59. The minimum Gasteiger partial charge on any atom is -0.334 e. The molecule has 1 atom stereocenters. The quantitative estimate of drug-likeness (QED) is 0.461. The summed E-state index contributed by atoms with van der Waals surface area (Å²) >= 11 is 0. The Bertz CT molecular complexity index is 143. The number of nitrogens with zero attached hydrogens (tertiary/aromatic N) is 1. The van der Waals surface area contributed by atoms with E-state index in [1.54, 1.807) is 13.3 Å². The third-order valence-corrected chi connectivity index (χ3v) is 1.12. The molecule has 0 fully saturated rings. The maximum absolute atomic E-state index is 10.6. The van der Waals surface area contributed by atoms with Gasteiger partial charge in [0.15, 0.2) is 0 Å². The van der Waals surface area contributed by atoms with Crippen LogP contribution in [0.2, 0.25) is 0 Å². The number of hydrogen-bond acceptors (Lipinski definition) is 3. The molecule has 0 saturated carbocycles. The zero-order chi connectivity index (χ0) is 6.69. The van der Waals surface area contributed by atoms with Crippen molar-refractivity contribution in [3.63, 3.8) is 0 Å². The lowest BCUT2D eigenvalue weighted by Gasteiger charge is -2.15. The van der Waals surface area contributed by atoms with E-state index in [9.17, 15) is 4.79 Å². The summed E-state index contributed by atoms with van der Waals surface area (Å²) in [5, 5.41) is 5.52. The molecular weight excluding hydrogens is 118 g/mol. The molecular formula is C5H9N3O. The van der Waals surface area contributed by atoms with Gasteiger partial charge in [-0.2, -0.15) is 0 Å². The number of carbonyl (C=O) groups is 1. The van der Waals surface area contributed by atoms with Crippen LogP contribution in [0.5, 0.6) is 0 Å². The number of hydrogen-bond donors (Lipinski definition) is 2. The number of nitrogens with one attached hydrogen (secondary N) is 2. The molecule has 1 aliphatic rings. The van der Waals surface area contributed by atoms with Crippen LogP contribution in [0.25, 0.3) is 0 Å². The van der Waals surface area contributed by atoms with Crippen LogP contribution in [0.1, 0.15) is 0 Å². The first-order valence-electron chi connectivity index (χ1n) is 2.79. The standard InChI is InChI=1S/C5H9N3O/c1-6-4-2-7-3-5(9)8-4/h2,4,6H,3H2,1H3,(H,8,9). The van der Waals surface area contributed by atoms with Crippen LogP contribution in [-0.2, 0) is 4.79 Å². The maximum atomic E-state index is 10.6. The van der Waals surface area contributed by atoms with Crippen molar-refractivity contribution in [1.82, 2.24) is 10.6 Å². The van der Waals surface area contributed by atoms with E-state index < -0.39 is 0 Å². The lowest BCUT2D eigenvalue weighted by molar-refractivity contribution is -0.120. The highest BCUT2D eigenvalue weighted by Gasteiger charge is 2.10. The van der Waals surface area contributed by atoms with E-state index in [0.29, 0.717) is 0 Å². The SMILES string of the molecule is CNC1C=NCC(=O)N1. The highest BCUT2D eigenvalue weighted by Crippen LogP contribution is 1.82. The molecule has 1 aliphatic heterocycles. The Morgan fingerprint density at radius 2 is 2.78 bits per heavy atom. The fourth-order valence-electron chi connectivity index (χ4n) is 0.644. The Morgan fingerprint density at radius 3 is 3.22 bits per heavy atom. The van der Waals surface area contributed by atoms with Crippen LogP contribution in [0.15, 0.2) is 4.99 Å². The second-order valence-electron chi connectivity index (χ2n) is 1.82. The maximum Gasteiger partial charge on any atom is 0.243 e. The smallest absolute Gasteiger partial charge is 0.243 e. The zero-order valence-electron chi connectivity index (χ0n) is 5.22. The van der Waals surface area contributed by atoms with Crippen molar-refractivity contribution < 1.29 is 4.79 Å². The normalized spacial score (nSPS) is 25.9. The predicted octanol–water partition coefficient (Wildman–Crippen LogP) is -1.27. The van der Waals surface area contributed by atoms with Crippen molar-refractivity contribution in [3.8, 4) is 0 Å². The molecule has 4 nitrogen and oxygen atoms in total. The average Bonchev–Trinajstić information content (AvgIpc) is 1.88. The summed E-state index contributed by atoms with van der Waals surface area (Å²) in [5.41, 5.74) is 0. The molecule has 0 aromatic heterocycles. The van der Waals surface area contributed by atoms with Crippen LogP contribution in [-0.4, -0.2) is 31.9 Å². The van der Waals surface area contributed by atoms with Crippen molar-refractivity contribution in [1.29, 1.82) is 0 Å². The molecule has 1 unspecified atom stereocenters. The summed E-state index contributed by atoms with van der Waals surface area (Å²) in [6, 6.07) is 0. The molecule has 0 bridgehead atoms. The number of carbonyl (C=O) groups excluding carboxylic acids is 1. The van der Waals surface area contributed by atoms with E-state index in [-0.39, 0.29) is 18.6 Å². The third-order valence-electron chi connectivity index (χ3n) is 1.12. The van der Waals surface area contributed by atoms with Crippen molar-refractivity contribution in [3.05, 3.63) is 0 Å². The molecule has 0 spiro atoms. The second-order valence-corrected chi connectivity index (χ2v) is 1.82. The fraction of sp³-hybridized carbons (Fsp3) is 0.600. The van der Waals surface area contributed by atoms with E-state index in [2.05, 4.69) is 15.6 Å². The summed E-state index contributed by atoms with van der Waals surface area (Å²) in [7, 11) is 1.77. The molecule has 4 heteroatoms. The molecule has 1 heterocycles.